The normalized spacial score (nSPS) is 15.8. The van der Waals surface area contributed by atoms with Gasteiger partial charge in [0, 0.05) is 24.2 Å². The van der Waals surface area contributed by atoms with Crippen molar-refractivity contribution in [3.05, 3.63) is 95.8 Å². The van der Waals surface area contributed by atoms with Crippen molar-refractivity contribution in [2.24, 2.45) is 9.98 Å². The van der Waals surface area contributed by atoms with Gasteiger partial charge in [0.05, 0.1) is 11.4 Å². The Labute approximate surface area is 223 Å². The van der Waals surface area contributed by atoms with E-state index in [0.29, 0.717) is 28.9 Å². The minimum Gasteiger partial charge on any atom is -0.352 e. The minimum atomic E-state index is -0.725. The molecule has 0 saturated carbocycles. The number of amidine groups is 2. The van der Waals surface area contributed by atoms with Crippen LogP contribution in [0.15, 0.2) is 88.8 Å². The second-order valence-electron chi connectivity index (χ2n) is 8.70. The summed E-state index contributed by atoms with van der Waals surface area (Å²) in [6, 6.07) is 21.7. The molecule has 1 atom stereocenters. The van der Waals surface area contributed by atoms with Gasteiger partial charge in [0.2, 0.25) is 11.8 Å². The van der Waals surface area contributed by atoms with Crippen LogP contribution in [0, 0.1) is 5.82 Å². The van der Waals surface area contributed by atoms with Crippen molar-refractivity contribution in [1.29, 1.82) is 0 Å². The summed E-state index contributed by atoms with van der Waals surface area (Å²) >= 11 is 1.11. The maximum Gasteiger partial charge on any atom is 0.259 e. The van der Waals surface area contributed by atoms with Crippen LogP contribution in [0.5, 0.6) is 0 Å². The van der Waals surface area contributed by atoms with E-state index in [1.807, 2.05) is 54.6 Å². The predicted octanol–water partition coefficient (Wildman–Crippen LogP) is 4.25. The molecule has 3 amide bonds. The lowest BCUT2D eigenvalue weighted by atomic mass is 10.1. The number of anilines is 1. The summed E-state index contributed by atoms with van der Waals surface area (Å²) in [6.07, 6.45) is 0.403. The second-order valence-corrected chi connectivity index (χ2v) is 9.64. The summed E-state index contributed by atoms with van der Waals surface area (Å²) in [6.45, 7) is 0.416. The first kappa shape index (κ1) is 25.3. The summed E-state index contributed by atoms with van der Waals surface area (Å²) in [5.74, 6) is -0.697. The van der Waals surface area contributed by atoms with Crippen molar-refractivity contribution in [3.8, 4) is 0 Å². The lowest BCUT2D eigenvalue weighted by Gasteiger charge is -2.25. The van der Waals surface area contributed by atoms with Gasteiger partial charge in [-0.25, -0.2) is 14.3 Å². The monoisotopic (exact) mass is 529 g/mol. The van der Waals surface area contributed by atoms with Crippen molar-refractivity contribution >= 4 is 51.9 Å². The van der Waals surface area contributed by atoms with Gasteiger partial charge in [-0.3, -0.25) is 19.4 Å². The summed E-state index contributed by atoms with van der Waals surface area (Å²) in [7, 11) is 0. The van der Waals surface area contributed by atoms with Crippen LogP contribution in [0.25, 0.3) is 0 Å². The van der Waals surface area contributed by atoms with Gasteiger partial charge in [0.1, 0.15) is 17.7 Å². The molecule has 5 rings (SSSR count). The highest BCUT2D eigenvalue weighted by molar-refractivity contribution is 8.14. The van der Waals surface area contributed by atoms with E-state index in [0.717, 1.165) is 22.9 Å². The summed E-state index contributed by atoms with van der Waals surface area (Å²) in [5.41, 5.74) is 2.83. The third kappa shape index (κ3) is 5.81. The van der Waals surface area contributed by atoms with E-state index in [4.69, 9.17) is 0 Å². The third-order valence-electron chi connectivity index (χ3n) is 5.99. The van der Waals surface area contributed by atoms with E-state index >= 15 is 0 Å². The van der Waals surface area contributed by atoms with Crippen LogP contribution in [0.3, 0.4) is 0 Å². The topological polar surface area (TPSA) is 103 Å². The van der Waals surface area contributed by atoms with Crippen molar-refractivity contribution < 1.29 is 18.8 Å². The maximum absolute atomic E-state index is 13.4. The van der Waals surface area contributed by atoms with Gasteiger partial charge < -0.3 is 10.6 Å². The molecule has 3 aromatic carbocycles. The SMILES string of the molecule is O=C(CC[C@H]1N=C2c3ccccc3N=C(SCC(=O)Nc3ccc(F)cc3)N2C1=O)NCc1ccccc1. The van der Waals surface area contributed by atoms with E-state index in [-0.39, 0.29) is 36.3 Å². The first-order valence-electron chi connectivity index (χ1n) is 12.1. The van der Waals surface area contributed by atoms with Gasteiger partial charge in [-0.2, -0.15) is 0 Å². The Hall–Kier alpha value is -4.31. The number of nitrogens with zero attached hydrogens (tertiary/aromatic N) is 3. The van der Waals surface area contributed by atoms with Crippen molar-refractivity contribution in [2.75, 3.05) is 11.1 Å². The van der Waals surface area contributed by atoms with E-state index < -0.39 is 11.9 Å². The Morgan fingerprint density at radius 2 is 1.68 bits per heavy atom. The standard InChI is InChI=1S/C28H24FN5O3S/c29-19-10-12-20(13-11-19)31-25(36)17-38-28-33-22-9-5-4-8-21(22)26-32-23(27(37)34(26)28)14-15-24(35)30-16-18-6-2-1-3-7-18/h1-13,23H,14-17H2,(H,30,35)(H,31,36)/t23-/m1/s1. The summed E-state index contributed by atoms with van der Waals surface area (Å²) < 4.78 is 13.1. The smallest absolute Gasteiger partial charge is 0.259 e. The summed E-state index contributed by atoms with van der Waals surface area (Å²) in [5, 5.41) is 5.92. The van der Waals surface area contributed by atoms with Gasteiger partial charge in [0.25, 0.3) is 5.91 Å². The van der Waals surface area contributed by atoms with Crippen LogP contribution in [0.2, 0.25) is 0 Å². The molecule has 10 heteroatoms. The lowest BCUT2D eigenvalue weighted by Crippen LogP contribution is -2.41. The molecule has 0 aliphatic carbocycles. The molecular weight excluding hydrogens is 505 g/mol. The number of halogens is 1. The third-order valence-corrected chi connectivity index (χ3v) is 6.92. The highest BCUT2D eigenvalue weighted by Crippen LogP contribution is 2.34. The number of carbonyl (C=O) groups excluding carboxylic acids is 3. The van der Waals surface area contributed by atoms with Crippen molar-refractivity contribution in [3.63, 3.8) is 0 Å². The average Bonchev–Trinajstić information content (AvgIpc) is 3.27. The largest absolute Gasteiger partial charge is 0.352 e. The van der Waals surface area contributed by atoms with E-state index in [2.05, 4.69) is 20.6 Å². The molecule has 2 heterocycles. The maximum atomic E-state index is 13.4. The zero-order valence-electron chi connectivity index (χ0n) is 20.3. The number of hydrogen-bond donors (Lipinski definition) is 2. The van der Waals surface area contributed by atoms with E-state index in [9.17, 15) is 18.8 Å². The minimum absolute atomic E-state index is 0.0119. The Balaban J connectivity index is 1.24. The van der Waals surface area contributed by atoms with E-state index in [1.165, 1.54) is 29.2 Å². The predicted molar refractivity (Wildman–Crippen MR) is 146 cm³/mol. The highest BCUT2D eigenvalue weighted by atomic mass is 32.2. The number of aliphatic imine (C=N–C) groups is 2. The molecule has 0 bridgehead atoms. The van der Waals surface area contributed by atoms with Crippen LogP contribution in [-0.4, -0.2) is 45.4 Å². The van der Waals surface area contributed by atoms with Crippen LogP contribution in [0.1, 0.15) is 24.0 Å². The van der Waals surface area contributed by atoms with Gasteiger partial charge >= 0.3 is 0 Å². The Morgan fingerprint density at radius 3 is 2.47 bits per heavy atom. The fourth-order valence-corrected chi connectivity index (χ4v) is 4.90. The Bertz CT molecular complexity index is 1430. The number of amides is 3. The zero-order valence-corrected chi connectivity index (χ0v) is 21.1. The van der Waals surface area contributed by atoms with Crippen LogP contribution in [-0.2, 0) is 20.9 Å². The molecule has 192 valence electrons. The van der Waals surface area contributed by atoms with Gasteiger partial charge in [0.15, 0.2) is 5.17 Å². The molecule has 2 N–H and O–H groups in total. The Morgan fingerprint density at radius 1 is 0.947 bits per heavy atom. The molecule has 0 radical (unpaired) electrons. The number of hydrogen-bond acceptors (Lipinski definition) is 6. The van der Waals surface area contributed by atoms with Crippen LogP contribution in [0.4, 0.5) is 15.8 Å². The molecule has 8 nitrogen and oxygen atoms in total. The first-order chi connectivity index (χ1) is 18.5. The van der Waals surface area contributed by atoms with Crippen molar-refractivity contribution in [1.82, 2.24) is 10.2 Å². The van der Waals surface area contributed by atoms with Crippen molar-refractivity contribution in [2.45, 2.75) is 25.4 Å². The molecule has 2 aliphatic heterocycles. The van der Waals surface area contributed by atoms with Gasteiger partial charge in [-0.05, 0) is 48.4 Å². The molecule has 0 fully saturated rings. The number of fused-ring (bicyclic) bond motifs is 3. The molecule has 0 spiro atoms. The van der Waals surface area contributed by atoms with Gasteiger partial charge in [-0.15, -0.1) is 0 Å². The number of para-hydroxylation sites is 1. The molecule has 2 aliphatic rings. The highest BCUT2D eigenvalue weighted by Gasteiger charge is 2.41. The number of nitrogens with one attached hydrogen (secondary N) is 2. The van der Waals surface area contributed by atoms with E-state index in [1.54, 1.807) is 0 Å². The Kier molecular flexibility index (Phi) is 7.60. The summed E-state index contributed by atoms with van der Waals surface area (Å²) in [4.78, 5) is 49.0. The molecular formula is C28H24FN5O3S. The molecule has 38 heavy (non-hydrogen) atoms. The average molecular weight is 530 g/mol. The number of benzene rings is 3. The fourth-order valence-electron chi connectivity index (χ4n) is 4.10. The van der Waals surface area contributed by atoms with Gasteiger partial charge in [-0.1, -0.05) is 54.2 Å². The molecule has 0 unspecified atom stereocenters. The first-order valence-corrected chi connectivity index (χ1v) is 13.1. The molecule has 3 aromatic rings. The quantitative estimate of drug-likeness (QED) is 0.455. The number of rotatable bonds is 8. The fraction of sp³-hybridized carbons (Fsp3) is 0.179. The zero-order chi connectivity index (χ0) is 26.5. The van der Waals surface area contributed by atoms with Crippen LogP contribution >= 0.6 is 11.8 Å². The van der Waals surface area contributed by atoms with Crippen LogP contribution < -0.4 is 10.6 Å². The molecule has 0 aromatic heterocycles. The number of carbonyl (C=O) groups is 3. The lowest BCUT2D eigenvalue weighted by molar-refractivity contribution is -0.125. The number of thioether (sulfide) groups is 1. The molecule has 0 saturated heterocycles. The second kappa shape index (κ2) is 11.4.